The Kier molecular flexibility index (Phi) is 5.27. The Morgan fingerprint density at radius 3 is 2.52 bits per heavy atom. The number of hydrogen-bond acceptors (Lipinski definition) is 5. The number of benzene rings is 1. The number of aryl methyl sites for hydroxylation is 2. The van der Waals surface area contributed by atoms with Gasteiger partial charge in [-0.25, -0.2) is 14.2 Å². The molecule has 0 saturated carbocycles. The fourth-order valence-electron chi connectivity index (χ4n) is 3.65. The fourth-order valence-corrected chi connectivity index (χ4v) is 4.09. The molecule has 0 atom stereocenters. The molecule has 0 amide bonds. The van der Waals surface area contributed by atoms with Crippen molar-refractivity contribution in [2.24, 2.45) is 0 Å². The van der Waals surface area contributed by atoms with E-state index in [9.17, 15) is 0 Å². The third-order valence-electron chi connectivity index (χ3n) is 4.97. The third-order valence-corrected chi connectivity index (χ3v) is 5.51. The van der Waals surface area contributed by atoms with Crippen LogP contribution in [0.3, 0.4) is 0 Å². The summed E-state index contributed by atoms with van der Waals surface area (Å²) in [5, 5.41) is 0.798. The Labute approximate surface area is 169 Å². The molecular formula is C19H23ClN6S. The Bertz CT molecular complexity index is 1020. The van der Waals surface area contributed by atoms with Crippen LogP contribution in [0.2, 0.25) is 5.02 Å². The molecule has 2 aromatic heterocycles. The van der Waals surface area contributed by atoms with Gasteiger partial charge in [-0.2, -0.15) is 4.98 Å². The van der Waals surface area contributed by atoms with E-state index in [1.54, 1.807) is 0 Å². The van der Waals surface area contributed by atoms with Crippen molar-refractivity contribution >= 4 is 29.6 Å². The lowest BCUT2D eigenvalue weighted by Gasteiger charge is -2.34. The molecule has 3 aromatic rings. The first kappa shape index (κ1) is 18.6. The number of fused-ring (bicyclic) bond motifs is 1. The van der Waals surface area contributed by atoms with E-state index in [1.807, 2.05) is 34.3 Å². The monoisotopic (exact) mass is 402 g/mol. The molecule has 0 aliphatic carbocycles. The van der Waals surface area contributed by atoms with Crippen molar-refractivity contribution in [3.05, 3.63) is 57.1 Å². The molecule has 4 rings (SSSR count). The maximum Gasteiger partial charge on any atom is 0.252 e. The van der Waals surface area contributed by atoms with Gasteiger partial charge in [-0.3, -0.25) is 9.80 Å². The highest BCUT2D eigenvalue weighted by Gasteiger charge is 2.19. The molecule has 0 radical (unpaired) electrons. The van der Waals surface area contributed by atoms with E-state index in [2.05, 4.69) is 38.8 Å². The summed E-state index contributed by atoms with van der Waals surface area (Å²) in [4.78, 5) is 13.8. The fraction of sp³-hybridized carbons (Fsp3) is 0.421. The molecule has 3 heterocycles. The number of rotatable bonds is 4. The van der Waals surface area contributed by atoms with Gasteiger partial charge in [0.15, 0.2) is 0 Å². The second-order valence-corrected chi connectivity index (χ2v) is 7.91. The summed E-state index contributed by atoms with van der Waals surface area (Å²) in [7, 11) is 0. The predicted molar refractivity (Wildman–Crippen MR) is 110 cm³/mol. The number of hydrogen-bond donors (Lipinski definition) is 0. The summed E-state index contributed by atoms with van der Waals surface area (Å²) >= 11 is 11.6. The lowest BCUT2D eigenvalue weighted by Crippen LogP contribution is -2.46. The second kappa shape index (κ2) is 7.67. The lowest BCUT2D eigenvalue weighted by molar-refractivity contribution is 0.0964. The molecule has 8 heteroatoms. The first-order valence-corrected chi connectivity index (χ1v) is 9.91. The SMILES string of the molecule is Cc1cc(C)n2c(n1)nc(=S)n2CN1CCN(Cc2cccc(Cl)c2)CC1. The van der Waals surface area contributed by atoms with Crippen LogP contribution in [0.1, 0.15) is 17.0 Å². The summed E-state index contributed by atoms with van der Waals surface area (Å²) in [6.07, 6.45) is 0. The van der Waals surface area contributed by atoms with Gasteiger partial charge >= 0.3 is 0 Å². The topological polar surface area (TPSA) is 41.6 Å². The smallest absolute Gasteiger partial charge is 0.252 e. The van der Waals surface area contributed by atoms with Crippen LogP contribution in [0, 0.1) is 18.6 Å². The van der Waals surface area contributed by atoms with Crippen molar-refractivity contribution in [2.45, 2.75) is 27.1 Å². The summed E-state index contributed by atoms with van der Waals surface area (Å²) in [5.74, 6) is 0.678. The van der Waals surface area contributed by atoms with Gasteiger partial charge in [0.1, 0.15) is 0 Å². The Balaban J connectivity index is 1.43. The maximum atomic E-state index is 6.10. The summed E-state index contributed by atoms with van der Waals surface area (Å²) in [6, 6.07) is 10.2. The Morgan fingerprint density at radius 1 is 1.04 bits per heavy atom. The van der Waals surface area contributed by atoms with Crippen LogP contribution in [-0.2, 0) is 13.2 Å². The van der Waals surface area contributed by atoms with Gasteiger partial charge in [-0.1, -0.05) is 23.7 Å². The highest BCUT2D eigenvalue weighted by Crippen LogP contribution is 2.15. The van der Waals surface area contributed by atoms with Crippen molar-refractivity contribution < 1.29 is 0 Å². The number of nitrogens with zero attached hydrogens (tertiary/aromatic N) is 6. The van der Waals surface area contributed by atoms with Crippen LogP contribution in [0.15, 0.2) is 30.3 Å². The van der Waals surface area contributed by atoms with Crippen molar-refractivity contribution in [2.75, 3.05) is 26.2 Å². The van der Waals surface area contributed by atoms with Gasteiger partial charge in [0, 0.05) is 49.1 Å². The van der Waals surface area contributed by atoms with Crippen LogP contribution in [-0.4, -0.2) is 55.1 Å². The molecule has 0 N–H and O–H groups in total. The molecule has 1 aliphatic heterocycles. The van der Waals surface area contributed by atoms with Crippen LogP contribution in [0.4, 0.5) is 0 Å². The van der Waals surface area contributed by atoms with E-state index < -0.39 is 0 Å². The number of halogens is 1. The minimum atomic E-state index is 0.581. The zero-order valence-electron chi connectivity index (χ0n) is 15.6. The number of piperazine rings is 1. The van der Waals surface area contributed by atoms with Crippen LogP contribution >= 0.6 is 23.8 Å². The van der Waals surface area contributed by atoms with Gasteiger partial charge in [0.05, 0.1) is 6.67 Å². The molecule has 1 aromatic carbocycles. The van der Waals surface area contributed by atoms with Crippen molar-refractivity contribution in [3.8, 4) is 0 Å². The van der Waals surface area contributed by atoms with E-state index in [0.717, 1.165) is 55.8 Å². The van der Waals surface area contributed by atoms with Crippen molar-refractivity contribution in [1.29, 1.82) is 0 Å². The zero-order valence-corrected chi connectivity index (χ0v) is 17.2. The van der Waals surface area contributed by atoms with Crippen LogP contribution in [0.25, 0.3) is 5.78 Å². The molecule has 142 valence electrons. The minimum absolute atomic E-state index is 0.581. The van der Waals surface area contributed by atoms with Crippen LogP contribution in [0.5, 0.6) is 0 Å². The zero-order chi connectivity index (χ0) is 19.0. The predicted octanol–water partition coefficient (Wildman–Crippen LogP) is 3.31. The summed E-state index contributed by atoms with van der Waals surface area (Å²) in [6.45, 7) is 9.75. The third kappa shape index (κ3) is 4.06. The van der Waals surface area contributed by atoms with Crippen molar-refractivity contribution in [1.82, 2.24) is 29.0 Å². The van der Waals surface area contributed by atoms with E-state index in [4.69, 9.17) is 23.8 Å². The average Bonchev–Trinajstić information content (AvgIpc) is 2.92. The molecule has 27 heavy (non-hydrogen) atoms. The molecule has 0 bridgehead atoms. The molecule has 6 nitrogen and oxygen atoms in total. The largest absolute Gasteiger partial charge is 0.297 e. The van der Waals surface area contributed by atoms with Gasteiger partial charge < -0.3 is 0 Å². The Hall–Kier alpha value is -1.80. The van der Waals surface area contributed by atoms with Gasteiger partial charge in [0.25, 0.3) is 5.78 Å². The quantitative estimate of drug-likeness (QED) is 0.626. The average molecular weight is 403 g/mol. The van der Waals surface area contributed by atoms with E-state index in [-0.39, 0.29) is 0 Å². The highest BCUT2D eigenvalue weighted by molar-refractivity contribution is 7.71. The maximum absolute atomic E-state index is 6.10. The summed E-state index contributed by atoms with van der Waals surface area (Å²) in [5.41, 5.74) is 3.32. The van der Waals surface area contributed by atoms with Gasteiger partial charge in [0.2, 0.25) is 4.77 Å². The summed E-state index contributed by atoms with van der Waals surface area (Å²) < 4.78 is 4.64. The first-order chi connectivity index (χ1) is 13.0. The van der Waals surface area contributed by atoms with Crippen LogP contribution < -0.4 is 0 Å². The van der Waals surface area contributed by atoms with Gasteiger partial charge in [-0.05, 0) is 49.8 Å². The molecule has 1 fully saturated rings. The van der Waals surface area contributed by atoms with E-state index in [1.165, 1.54) is 5.56 Å². The lowest BCUT2D eigenvalue weighted by atomic mass is 10.2. The molecular weight excluding hydrogens is 380 g/mol. The molecule has 1 aliphatic rings. The van der Waals surface area contributed by atoms with Crippen molar-refractivity contribution in [3.63, 3.8) is 0 Å². The molecule has 0 unspecified atom stereocenters. The van der Waals surface area contributed by atoms with Gasteiger partial charge in [-0.15, -0.1) is 0 Å². The normalized spacial score (nSPS) is 16.3. The second-order valence-electron chi connectivity index (χ2n) is 7.11. The highest BCUT2D eigenvalue weighted by atomic mass is 35.5. The minimum Gasteiger partial charge on any atom is -0.297 e. The van der Waals surface area contributed by atoms with E-state index >= 15 is 0 Å². The molecule has 1 saturated heterocycles. The first-order valence-electron chi connectivity index (χ1n) is 9.12. The number of aromatic nitrogens is 4. The molecule has 0 spiro atoms. The standard InChI is InChI=1S/C19H23ClN6S/c1-14-10-15(2)26-18(21-14)22-19(27)25(26)13-24-8-6-23(7-9-24)12-16-4-3-5-17(20)11-16/h3-5,10-11H,6-9,12-13H2,1-2H3. The Morgan fingerprint density at radius 2 is 1.78 bits per heavy atom. The van der Waals surface area contributed by atoms with E-state index in [0.29, 0.717) is 10.5 Å².